The molecule has 0 fully saturated rings. The van der Waals surface area contributed by atoms with Crippen molar-refractivity contribution >= 4 is 15.9 Å². The lowest BCUT2D eigenvalue weighted by Crippen LogP contribution is -2.20. The Bertz CT molecular complexity index is 736. The number of carbonyl (C=O) groups excluding carboxylic acids is 1. The summed E-state index contributed by atoms with van der Waals surface area (Å²) in [6.45, 7) is 0. The highest BCUT2D eigenvalue weighted by Crippen LogP contribution is 2.32. The van der Waals surface area contributed by atoms with Gasteiger partial charge >= 0.3 is 0 Å². The van der Waals surface area contributed by atoms with Gasteiger partial charge in [0.25, 0.3) is 15.9 Å². The van der Waals surface area contributed by atoms with Crippen molar-refractivity contribution in [1.82, 2.24) is 4.72 Å². The van der Waals surface area contributed by atoms with Crippen LogP contribution in [0, 0.1) is 0 Å². The number of hydrogen-bond donors (Lipinski definition) is 1. The van der Waals surface area contributed by atoms with Gasteiger partial charge in [-0.2, -0.15) is 0 Å². The first-order chi connectivity index (χ1) is 8.59. The van der Waals surface area contributed by atoms with E-state index in [1.54, 1.807) is 12.1 Å². The highest BCUT2D eigenvalue weighted by molar-refractivity contribution is 7.90. The van der Waals surface area contributed by atoms with Crippen LogP contribution in [0.4, 0.5) is 0 Å². The Hall–Kier alpha value is -2.14. The van der Waals surface area contributed by atoms with Crippen molar-refractivity contribution in [3.63, 3.8) is 0 Å². The Morgan fingerprint density at radius 1 is 0.889 bits per heavy atom. The van der Waals surface area contributed by atoms with Crippen LogP contribution in [0.1, 0.15) is 10.4 Å². The van der Waals surface area contributed by atoms with E-state index in [0.29, 0.717) is 5.56 Å². The third-order valence-electron chi connectivity index (χ3n) is 2.85. The molecule has 18 heavy (non-hydrogen) atoms. The van der Waals surface area contributed by atoms with E-state index in [1.165, 1.54) is 6.07 Å². The van der Waals surface area contributed by atoms with Crippen LogP contribution >= 0.6 is 0 Å². The monoisotopic (exact) mass is 259 g/mol. The van der Waals surface area contributed by atoms with Crippen LogP contribution < -0.4 is 4.72 Å². The molecule has 5 heteroatoms. The van der Waals surface area contributed by atoms with E-state index in [9.17, 15) is 13.2 Å². The molecule has 1 aliphatic rings. The van der Waals surface area contributed by atoms with E-state index in [-0.39, 0.29) is 10.5 Å². The second-order valence-electron chi connectivity index (χ2n) is 3.98. The molecule has 0 unspecified atom stereocenters. The van der Waals surface area contributed by atoms with Crippen molar-refractivity contribution in [2.45, 2.75) is 4.90 Å². The number of fused-ring (bicyclic) bond motifs is 1. The van der Waals surface area contributed by atoms with Gasteiger partial charge in [0.05, 0.1) is 5.56 Å². The van der Waals surface area contributed by atoms with Gasteiger partial charge in [0.15, 0.2) is 0 Å². The van der Waals surface area contributed by atoms with Gasteiger partial charge in [-0.05, 0) is 17.2 Å². The predicted molar refractivity (Wildman–Crippen MR) is 66.5 cm³/mol. The third kappa shape index (κ3) is 1.52. The summed E-state index contributed by atoms with van der Waals surface area (Å²) >= 11 is 0. The van der Waals surface area contributed by atoms with Crippen molar-refractivity contribution in [1.29, 1.82) is 0 Å². The molecule has 0 saturated carbocycles. The molecule has 1 aliphatic heterocycles. The zero-order valence-electron chi connectivity index (χ0n) is 9.25. The number of sulfonamides is 1. The van der Waals surface area contributed by atoms with Crippen LogP contribution in [0.25, 0.3) is 11.1 Å². The molecule has 0 saturated heterocycles. The second kappa shape index (κ2) is 3.68. The van der Waals surface area contributed by atoms with Crippen LogP contribution in [0.3, 0.4) is 0 Å². The topological polar surface area (TPSA) is 63.2 Å². The molecule has 0 atom stereocenters. The first-order valence-corrected chi connectivity index (χ1v) is 6.83. The minimum atomic E-state index is -3.68. The first kappa shape index (κ1) is 11.0. The van der Waals surface area contributed by atoms with Crippen LogP contribution in [-0.4, -0.2) is 14.3 Å². The Balaban J connectivity index is 2.33. The maximum absolute atomic E-state index is 11.8. The lowest BCUT2D eigenvalue weighted by Gasteiger charge is -2.05. The van der Waals surface area contributed by atoms with Crippen LogP contribution in [0.2, 0.25) is 0 Å². The van der Waals surface area contributed by atoms with Crippen molar-refractivity contribution in [2.24, 2.45) is 0 Å². The molecule has 0 aromatic heterocycles. The lowest BCUT2D eigenvalue weighted by atomic mass is 9.99. The summed E-state index contributed by atoms with van der Waals surface area (Å²) in [4.78, 5) is 11.8. The van der Waals surface area contributed by atoms with Crippen molar-refractivity contribution in [2.75, 3.05) is 0 Å². The molecule has 0 spiro atoms. The molecular formula is C13H9NO3S. The summed E-state index contributed by atoms with van der Waals surface area (Å²) in [5.41, 5.74) is 1.68. The molecular weight excluding hydrogens is 250 g/mol. The lowest BCUT2D eigenvalue weighted by molar-refractivity contribution is 0.0986. The molecule has 1 amide bonds. The van der Waals surface area contributed by atoms with E-state index >= 15 is 0 Å². The smallest absolute Gasteiger partial charge is 0.267 e. The van der Waals surface area contributed by atoms with E-state index in [1.807, 2.05) is 35.1 Å². The maximum atomic E-state index is 11.8. The average Bonchev–Trinajstić information content (AvgIpc) is 2.61. The maximum Gasteiger partial charge on any atom is 0.267 e. The van der Waals surface area contributed by atoms with Gasteiger partial charge in [-0.1, -0.05) is 42.5 Å². The first-order valence-electron chi connectivity index (χ1n) is 5.35. The molecule has 90 valence electrons. The molecule has 0 radical (unpaired) electrons. The Morgan fingerprint density at radius 3 is 2.33 bits per heavy atom. The minimum absolute atomic E-state index is 0.0499. The Morgan fingerprint density at radius 2 is 1.61 bits per heavy atom. The summed E-state index contributed by atoms with van der Waals surface area (Å²) in [7, 11) is -3.68. The molecule has 0 aliphatic carbocycles. The average molecular weight is 259 g/mol. The summed E-state index contributed by atoms with van der Waals surface area (Å²) in [5.74, 6) is -0.565. The zero-order chi connectivity index (χ0) is 12.8. The fourth-order valence-electron chi connectivity index (χ4n) is 2.08. The van der Waals surface area contributed by atoms with Gasteiger partial charge in [0, 0.05) is 0 Å². The van der Waals surface area contributed by atoms with Gasteiger partial charge in [0.1, 0.15) is 4.90 Å². The number of amides is 1. The van der Waals surface area contributed by atoms with E-state index in [0.717, 1.165) is 5.56 Å². The van der Waals surface area contributed by atoms with Crippen LogP contribution in [0.15, 0.2) is 53.4 Å². The molecule has 1 heterocycles. The third-order valence-corrected chi connectivity index (χ3v) is 4.23. The number of rotatable bonds is 1. The molecule has 2 aromatic carbocycles. The summed E-state index contributed by atoms with van der Waals surface area (Å²) in [6.07, 6.45) is 0. The van der Waals surface area contributed by atoms with Crippen LogP contribution in [0.5, 0.6) is 0 Å². The summed E-state index contributed by atoms with van der Waals surface area (Å²) < 4.78 is 25.4. The quantitative estimate of drug-likeness (QED) is 0.849. The summed E-state index contributed by atoms with van der Waals surface area (Å²) in [5, 5.41) is 0. The largest absolute Gasteiger partial charge is 0.268 e. The normalized spacial score (nSPS) is 16.1. The molecule has 2 aromatic rings. The zero-order valence-corrected chi connectivity index (χ0v) is 10.1. The number of hydrogen-bond acceptors (Lipinski definition) is 3. The number of nitrogens with one attached hydrogen (secondary N) is 1. The van der Waals surface area contributed by atoms with E-state index in [4.69, 9.17) is 0 Å². The fraction of sp³-hybridized carbons (Fsp3) is 0. The van der Waals surface area contributed by atoms with Crippen molar-refractivity contribution < 1.29 is 13.2 Å². The fourth-order valence-corrected chi connectivity index (χ4v) is 3.26. The van der Waals surface area contributed by atoms with E-state index in [2.05, 4.69) is 0 Å². The summed E-state index contributed by atoms with van der Waals surface area (Å²) in [6, 6.07) is 14.1. The van der Waals surface area contributed by atoms with Gasteiger partial charge in [-0.3, -0.25) is 4.79 Å². The Labute approximate surface area is 104 Å². The van der Waals surface area contributed by atoms with Gasteiger partial charge < -0.3 is 0 Å². The van der Waals surface area contributed by atoms with E-state index < -0.39 is 15.9 Å². The molecule has 3 rings (SSSR count). The van der Waals surface area contributed by atoms with Crippen molar-refractivity contribution in [3.8, 4) is 11.1 Å². The van der Waals surface area contributed by atoms with Gasteiger partial charge in [-0.25, -0.2) is 13.1 Å². The highest BCUT2D eigenvalue weighted by Gasteiger charge is 2.34. The number of benzene rings is 2. The predicted octanol–water partition coefficient (Wildman–Crippen LogP) is 1.79. The Kier molecular flexibility index (Phi) is 2.24. The second-order valence-corrected chi connectivity index (χ2v) is 5.63. The SMILES string of the molecule is O=C1NS(=O)(=O)c2cccc(-c3ccccc3)c21. The number of carbonyl (C=O) groups is 1. The van der Waals surface area contributed by atoms with Crippen LogP contribution in [-0.2, 0) is 10.0 Å². The van der Waals surface area contributed by atoms with Crippen molar-refractivity contribution in [3.05, 3.63) is 54.1 Å². The molecule has 4 nitrogen and oxygen atoms in total. The molecule has 0 bridgehead atoms. The van der Waals surface area contributed by atoms with Gasteiger partial charge in [-0.15, -0.1) is 0 Å². The standard InChI is InChI=1S/C13H9NO3S/c15-13-12-10(9-5-2-1-3-6-9)7-4-8-11(12)18(16,17)14-13/h1-8H,(H,14,15). The molecule has 1 N–H and O–H groups in total. The highest BCUT2D eigenvalue weighted by atomic mass is 32.2. The minimum Gasteiger partial charge on any atom is -0.268 e. The van der Waals surface area contributed by atoms with Gasteiger partial charge in [0.2, 0.25) is 0 Å².